The number of aromatic nitrogens is 3. The number of anilines is 1. The van der Waals surface area contributed by atoms with Crippen molar-refractivity contribution in [3.63, 3.8) is 0 Å². The van der Waals surface area contributed by atoms with Crippen molar-refractivity contribution in [3.05, 3.63) is 58.4 Å². The molecule has 25 heavy (non-hydrogen) atoms. The Hall–Kier alpha value is -3.49. The van der Waals surface area contributed by atoms with Crippen LogP contribution in [0.3, 0.4) is 0 Å². The van der Waals surface area contributed by atoms with Crippen LogP contribution in [0.2, 0.25) is 0 Å². The van der Waals surface area contributed by atoms with E-state index in [1.165, 1.54) is 12.1 Å². The molecule has 0 spiro atoms. The number of hydrogen-bond donors (Lipinski definition) is 1. The van der Waals surface area contributed by atoms with Crippen molar-refractivity contribution in [2.45, 2.75) is 19.9 Å². The van der Waals surface area contributed by atoms with E-state index in [-0.39, 0.29) is 11.9 Å². The number of nitrogens with one attached hydrogen (secondary N) is 1. The molecule has 0 radical (unpaired) electrons. The van der Waals surface area contributed by atoms with Crippen LogP contribution in [0.4, 0.5) is 11.7 Å². The number of rotatable bonds is 6. The topological polar surface area (TPSA) is 111 Å². The zero-order chi connectivity index (χ0) is 17.8. The lowest BCUT2D eigenvalue weighted by Gasteiger charge is -2.02. The van der Waals surface area contributed by atoms with Crippen molar-refractivity contribution in [2.75, 3.05) is 5.43 Å². The molecule has 9 nitrogen and oxygen atoms in total. The largest absolute Gasteiger partial charge is 0.433 e. The van der Waals surface area contributed by atoms with Crippen LogP contribution in [0.15, 0.2) is 52.2 Å². The summed E-state index contributed by atoms with van der Waals surface area (Å²) in [4.78, 5) is 14.3. The Bertz CT molecular complexity index is 898. The summed E-state index contributed by atoms with van der Waals surface area (Å²) in [7, 11) is 0. The standard InChI is InChI=1S/C16H16N6O3/c1-11(2)21-10-12(9-18-19-14-5-3-4-8-17-14)16(20-21)13-6-7-15(25-13)22(23)24/h3-11H,1-2H3,(H,17,19). The van der Waals surface area contributed by atoms with Gasteiger partial charge in [-0.3, -0.25) is 20.2 Å². The van der Waals surface area contributed by atoms with E-state index < -0.39 is 4.92 Å². The molecule has 3 rings (SSSR count). The van der Waals surface area contributed by atoms with Gasteiger partial charge in [0, 0.05) is 24.0 Å². The molecule has 1 N–H and O–H groups in total. The van der Waals surface area contributed by atoms with E-state index in [1.807, 2.05) is 26.0 Å². The number of nitro groups is 1. The third-order valence-electron chi connectivity index (χ3n) is 3.34. The highest BCUT2D eigenvalue weighted by atomic mass is 16.6. The van der Waals surface area contributed by atoms with Gasteiger partial charge in [-0.25, -0.2) is 4.98 Å². The number of pyridine rings is 1. The van der Waals surface area contributed by atoms with Crippen LogP contribution < -0.4 is 5.43 Å². The first-order valence-corrected chi connectivity index (χ1v) is 7.58. The molecule has 0 saturated heterocycles. The van der Waals surface area contributed by atoms with E-state index in [9.17, 15) is 10.1 Å². The van der Waals surface area contributed by atoms with Gasteiger partial charge in [-0.1, -0.05) is 6.07 Å². The van der Waals surface area contributed by atoms with E-state index >= 15 is 0 Å². The maximum atomic E-state index is 10.8. The lowest BCUT2D eigenvalue weighted by molar-refractivity contribution is -0.401. The normalized spacial score (nSPS) is 11.3. The molecule has 0 atom stereocenters. The van der Waals surface area contributed by atoms with E-state index in [2.05, 4.69) is 20.6 Å². The molecule has 3 heterocycles. The van der Waals surface area contributed by atoms with Crippen molar-refractivity contribution in [1.29, 1.82) is 0 Å². The zero-order valence-electron chi connectivity index (χ0n) is 13.7. The molecule has 0 aliphatic rings. The van der Waals surface area contributed by atoms with Crippen molar-refractivity contribution < 1.29 is 9.34 Å². The average Bonchev–Trinajstić information content (AvgIpc) is 3.22. The molecule has 0 aliphatic carbocycles. The Balaban J connectivity index is 1.90. The van der Waals surface area contributed by atoms with Crippen LogP contribution in [-0.2, 0) is 0 Å². The van der Waals surface area contributed by atoms with Gasteiger partial charge in [0.1, 0.15) is 16.4 Å². The summed E-state index contributed by atoms with van der Waals surface area (Å²) in [5.41, 5.74) is 3.96. The Morgan fingerprint density at radius 2 is 2.20 bits per heavy atom. The number of furan rings is 1. The fraction of sp³-hybridized carbons (Fsp3) is 0.188. The first-order valence-electron chi connectivity index (χ1n) is 7.58. The lowest BCUT2D eigenvalue weighted by Crippen LogP contribution is -2.00. The molecule has 3 aromatic rings. The maximum Gasteiger partial charge on any atom is 0.433 e. The van der Waals surface area contributed by atoms with Crippen LogP contribution in [0.1, 0.15) is 25.5 Å². The smallest absolute Gasteiger partial charge is 0.399 e. The summed E-state index contributed by atoms with van der Waals surface area (Å²) in [5, 5.41) is 19.4. The molecule has 0 fully saturated rings. The fourth-order valence-corrected chi connectivity index (χ4v) is 2.11. The number of hydrazone groups is 1. The Labute approximate surface area is 143 Å². The molecule has 0 saturated carbocycles. The van der Waals surface area contributed by atoms with Gasteiger partial charge in [-0.2, -0.15) is 10.2 Å². The first-order chi connectivity index (χ1) is 12.0. The van der Waals surface area contributed by atoms with Gasteiger partial charge in [0.2, 0.25) is 0 Å². The third-order valence-corrected chi connectivity index (χ3v) is 3.34. The van der Waals surface area contributed by atoms with Gasteiger partial charge in [-0.15, -0.1) is 0 Å². The second kappa shape index (κ2) is 6.95. The molecule has 128 valence electrons. The van der Waals surface area contributed by atoms with Crippen molar-refractivity contribution in [3.8, 4) is 11.5 Å². The number of nitrogens with zero attached hydrogens (tertiary/aromatic N) is 5. The minimum atomic E-state index is -0.584. The van der Waals surface area contributed by atoms with E-state index in [0.717, 1.165) is 0 Å². The summed E-state index contributed by atoms with van der Waals surface area (Å²) in [6, 6.07) is 8.38. The van der Waals surface area contributed by atoms with Crippen molar-refractivity contribution in [2.24, 2.45) is 5.10 Å². The average molecular weight is 340 g/mol. The Morgan fingerprint density at radius 1 is 1.36 bits per heavy atom. The van der Waals surface area contributed by atoms with Crippen LogP contribution in [0.5, 0.6) is 0 Å². The molecule has 3 aromatic heterocycles. The van der Waals surface area contributed by atoms with E-state index in [1.54, 1.807) is 29.4 Å². The van der Waals surface area contributed by atoms with Gasteiger partial charge in [-0.05, 0) is 32.0 Å². The Kier molecular flexibility index (Phi) is 4.55. The highest BCUT2D eigenvalue weighted by molar-refractivity contribution is 5.88. The van der Waals surface area contributed by atoms with Gasteiger partial charge in [0.25, 0.3) is 0 Å². The zero-order valence-corrected chi connectivity index (χ0v) is 13.7. The molecule has 0 amide bonds. The molecule has 0 aromatic carbocycles. The minimum absolute atomic E-state index is 0.120. The SMILES string of the molecule is CC(C)n1cc(C=NNc2ccccn2)c(-c2ccc([N+](=O)[O-])o2)n1. The maximum absolute atomic E-state index is 10.8. The molecule has 9 heteroatoms. The fourth-order valence-electron chi connectivity index (χ4n) is 2.11. The number of hydrogen-bond acceptors (Lipinski definition) is 7. The van der Waals surface area contributed by atoms with Gasteiger partial charge in [0.05, 0.1) is 12.3 Å². The highest BCUT2D eigenvalue weighted by Crippen LogP contribution is 2.27. The quantitative estimate of drug-likeness (QED) is 0.418. The molecule has 0 unspecified atom stereocenters. The van der Waals surface area contributed by atoms with Crippen molar-refractivity contribution in [1.82, 2.24) is 14.8 Å². The molecular formula is C16H16N6O3. The van der Waals surface area contributed by atoms with Crippen LogP contribution in [0, 0.1) is 10.1 Å². The van der Waals surface area contributed by atoms with E-state index in [0.29, 0.717) is 22.8 Å². The summed E-state index contributed by atoms with van der Waals surface area (Å²) < 4.78 is 7.00. The van der Waals surface area contributed by atoms with Crippen LogP contribution in [-0.4, -0.2) is 25.9 Å². The third kappa shape index (κ3) is 3.71. The van der Waals surface area contributed by atoms with Gasteiger partial charge >= 0.3 is 5.88 Å². The molecular weight excluding hydrogens is 324 g/mol. The first kappa shape index (κ1) is 16.4. The van der Waals surface area contributed by atoms with Crippen LogP contribution in [0.25, 0.3) is 11.5 Å². The predicted molar refractivity (Wildman–Crippen MR) is 92.4 cm³/mol. The summed E-state index contributed by atoms with van der Waals surface area (Å²) in [5.74, 6) is 0.583. The van der Waals surface area contributed by atoms with Crippen molar-refractivity contribution >= 4 is 17.9 Å². The second-order valence-corrected chi connectivity index (χ2v) is 5.49. The lowest BCUT2D eigenvalue weighted by atomic mass is 10.2. The highest BCUT2D eigenvalue weighted by Gasteiger charge is 2.19. The summed E-state index contributed by atoms with van der Waals surface area (Å²) in [6.45, 7) is 3.96. The molecule has 0 bridgehead atoms. The van der Waals surface area contributed by atoms with Gasteiger partial charge < -0.3 is 4.42 Å². The Morgan fingerprint density at radius 3 is 2.84 bits per heavy atom. The minimum Gasteiger partial charge on any atom is -0.399 e. The van der Waals surface area contributed by atoms with E-state index in [4.69, 9.17) is 4.42 Å². The van der Waals surface area contributed by atoms with Crippen LogP contribution >= 0.6 is 0 Å². The molecule has 0 aliphatic heterocycles. The monoisotopic (exact) mass is 340 g/mol. The predicted octanol–water partition coefficient (Wildman–Crippen LogP) is 3.47. The summed E-state index contributed by atoms with van der Waals surface area (Å²) >= 11 is 0. The summed E-state index contributed by atoms with van der Waals surface area (Å²) in [6.07, 6.45) is 5.03. The second-order valence-electron chi connectivity index (χ2n) is 5.49. The van der Waals surface area contributed by atoms with Gasteiger partial charge in [0.15, 0.2) is 5.76 Å².